The fourth-order valence-electron chi connectivity index (χ4n) is 8.81. The van der Waals surface area contributed by atoms with Crippen molar-refractivity contribution in [1.82, 2.24) is 4.57 Å². The minimum Gasteiger partial charge on any atom is -0.343 e. The van der Waals surface area contributed by atoms with Gasteiger partial charge in [0.25, 0.3) is 0 Å². The van der Waals surface area contributed by atoms with Gasteiger partial charge >= 0.3 is 0 Å². The largest absolute Gasteiger partial charge is 0.343 e. The van der Waals surface area contributed by atoms with Gasteiger partial charge in [0, 0.05) is 28.8 Å². The van der Waals surface area contributed by atoms with Crippen molar-refractivity contribution >= 4 is 43.4 Å². The molecule has 0 bridgehead atoms. The van der Waals surface area contributed by atoms with Gasteiger partial charge in [-0.1, -0.05) is 164 Å². The average molecular weight is 598 g/mol. The van der Waals surface area contributed by atoms with Gasteiger partial charge in [0.05, 0.1) is 16.4 Å². The van der Waals surface area contributed by atoms with Crippen LogP contribution in [-0.2, 0) is 12.5 Å². The molecule has 0 N–H and O–H groups in total. The Balaban J connectivity index is 1.32. The van der Waals surface area contributed by atoms with Gasteiger partial charge in [-0.25, -0.2) is 0 Å². The summed E-state index contributed by atoms with van der Waals surface area (Å²) in [5.74, 6) is 0. The van der Waals surface area contributed by atoms with Crippen LogP contribution in [0.5, 0.6) is 0 Å². The third-order valence-electron chi connectivity index (χ3n) is 10.7. The van der Waals surface area contributed by atoms with Gasteiger partial charge in [0.15, 0.2) is 0 Å². The smallest absolute Gasteiger partial charge is 0.0713 e. The van der Waals surface area contributed by atoms with E-state index >= 15 is 0 Å². The number of aromatic nitrogens is 1. The van der Waals surface area contributed by atoms with Crippen molar-refractivity contribution in [3.8, 4) is 22.3 Å². The zero-order valence-electron chi connectivity index (χ0n) is 26.1. The lowest BCUT2D eigenvalue weighted by Gasteiger charge is -2.34. The molecule has 1 aliphatic rings. The second kappa shape index (κ2) is 9.79. The molecule has 0 fully saturated rings. The first-order chi connectivity index (χ1) is 23.3. The molecule has 0 saturated heterocycles. The quantitative estimate of drug-likeness (QED) is 0.179. The van der Waals surface area contributed by atoms with E-state index in [0.717, 1.165) is 0 Å². The van der Waals surface area contributed by atoms with Crippen molar-refractivity contribution in [2.45, 2.75) is 5.41 Å². The summed E-state index contributed by atoms with van der Waals surface area (Å²) in [5.41, 5.74) is 12.5. The molecule has 0 aliphatic heterocycles. The molecular weight excluding hydrogens is 567 g/mol. The summed E-state index contributed by atoms with van der Waals surface area (Å²) in [6.45, 7) is 0. The van der Waals surface area contributed by atoms with Crippen LogP contribution in [0.15, 0.2) is 170 Å². The van der Waals surface area contributed by atoms with Gasteiger partial charge in [-0.15, -0.1) is 0 Å². The Morgan fingerprint density at radius 2 is 0.915 bits per heavy atom. The summed E-state index contributed by atoms with van der Waals surface area (Å²) in [4.78, 5) is 0. The summed E-state index contributed by atoms with van der Waals surface area (Å²) in [7, 11) is 2.25. The molecule has 0 saturated carbocycles. The standard InChI is InChI=1S/C46H31N/c1-47-44-33(24-14-25-40(44)43-38-22-10-8-19-34(38)35-20-9-11-23-39(35)45(43)47)30-27-28-37-36-21-12-13-26-41(36)46(42(37)29-30,31-15-4-2-5-16-31)32-17-6-3-7-18-32/h2-29H,1H3. The molecule has 0 unspecified atom stereocenters. The number of benzene rings is 8. The highest BCUT2D eigenvalue weighted by molar-refractivity contribution is 6.32. The lowest BCUT2D eigenvalue weighted by Crippen LogP contribution is -2.28. The van der Waals surface area contributed by atoms with Gasteiger partial charge in [-0.05, 0) is 61.2 Å². The van der Waals surface area contributed by atoms with E-state index in [1.54, 1.807) is 0 Å². The van der Waals surface area contributed by atoms with E-state index in [1.165, 1.54) is 87.9 Å². The van der Waals surface area contributed by atoms with Gasteiger partial charge in [-0.2, -0.15) is 0 Å². The number of fused-ring (bicyclic) bond motifs is 11. The first-order valence-corrected chi connectivity index (χ1v) is 16.4. The number of para-hydroxylation sites is 1. The molecule has 1 aliphatic carbocycles. The SMILES string of the molecule is Cn1c2c(-c3ccc4c(c3)C(c3ccccc3)(c3ccccc3)c3ccccc3-4)cccc2c2c3ccccc3c3ccccc3c21. The van der Waals surface area contributed by atoms with Crippen molar-refractivity contribution in [3.63, 3.8) is 0 Å². The molecule has 10 rings (SSSR count). The van der Waals surface area contributed by atoms with Crippen LogP contribution >= 0.6 is 0 Å². The fraction of sp³-hybridized carbons (Fsp3) is 0.0435. The molecular formula is C46H31N. The van der Waals surface area contributed by atoms with Crippen molar-refractivity contribution in [2.75, 3.05) is 0 Å². The average Bonchev–Trinajstić information content (AvgIpc) is 3.62. The summed E-state index contributed by atoms with van der Waals surface area (Å²) < 4.78 is 2.44. The van der Waals surface area contributed by atoms with Crippen LogP contribution in [0, 0.1) is 0 Å². The van der Waals surface area contributed by atoms with E-state index in [9.17, 15) is 0 Å². The highest BCUT2D eigenvalue weighted by Gasteiger charge is 2.46. The van der Waals surface area contributed by atoms with Crippen LogP contribution in [0.1, 0.15) is 22.3 Å². The van der Waals surface area contributed by atoms with Crippen LogP contribution < -0.4 is 0 Å². The maximum absolute atomic E-state index is 2.48. The first kappa shape index (κ1) is 26.3. The second-order valence-corrected chi connectivity index (χ2v) is 12.9. The molecule has 9 aromatic rings. The minimum atomic E-state index is -0.427. The van der Waals surface area contributed by atoms with E-state index in [2.05, 4.69) is 181 Å². The molecule has 220 valence electrons. The highest BCUT2D eigenvalue weighted by Crippen LogP contribution is 2.57. The Kier molecular flexibility index (Phi) is 5.48. The maximum atomic E-state index is 2.48. The predicted octanol–water partition coefficient (Wildman–Crippen LogP) is 11.7. The molecule has 47 heavy (non-hydrogen) atoms. The lowest BCUT2D eigenvalue weighted by atomic mass is 9.67. The van der Waals surface area contributed by atoms with Crippen molar-refractivity contribution < 1.29 is 0 Å². The highest BCUT2D eigenvalue weighted by atomic mass is 14.9. The minimum absolute atomic E-state index is 0.427. The Hall–Kier alpha value is -5.92. The first-order valence-electron chi connectivity index (χ1n) is 16.4. The summed E-state index contributed by atoms with van der Waals surface area (Å²) >= 11 is 0. The Morgan fingerprint density at radius 1 is 0.383 bits per heavy atom. The normalized spacial score (nSPS) is 13.4. The molecule has 0 atom stereocenters. The zero-order valence-corrected chi connectivity index (χ0v) is 26.1. The number of hydrogen-bond donors (Lipinski definition) is 0. The summed E-state index contributed by atoms with van der Waals surface area (Å²) in [6, 6.07) is 62.9. The van der Waals surface area contributed by atoms with E-state index in [1.807, 2.05) is 0 Å². The van der Waals surface area contributed by atoms with Crippen LogP contribution in [0.25, 0.3) is 65.6 Å². The number of aryl methyl sites for hydroxylation is 1. The Bertz CT molecular complexity index is 2640. The number of nitrogens with zero attached hydrogens (tertiary/aromatic N) is 1. The number of hydrogen-bond acceptors (Lipinski definition) is 0. The van der Waals surface area contributed by atoms with Crippen molar-refractivity contribution in [2.24, 2.45) is 7.05 Å². The Morgan fingerprint density at radius 3 is 1.64 bits per heavy atom. The Labute approximate surface area is 274 Å². The molecule has 8 aromatic carbocycles. The third-order valence-corrected chi connectivity index (χ3v) is 10.7. The zero-order chi connectivity index (χ0) is 31.1. The molecule has 0 radical (unpaired) electrons. The van der Waals surface area contributed by atoms with Gasteiger partial charge in [0.2, 0.25) is 0 Å². The molecule has 1 heteroatoms. The molecule has 0 spiro atoms. The molecule has 0 amide bonds. The second-order valence-electron chi connectivity index (χ2n) is 12.9. The van der Waals surface area contributed by atoms with Crippen LogP contribution in [0.3, 0.4) is 0 Å². The molecule has 1 heterocycles. The fourth-order valence-corrected chi connectivity index (χ4v) is 8.81. The van der Waals surface area contributed by atoms with E-state index in [0.29, 0.717) is 0 Å². The van der Waals surface area contributed by atoms with Crippen molar-refractivity contribution in [3.05, 3.63) is 192 Å². The third kappa shape index (κ3) is 3.43. The molecule has 1 aromatic heterocycles. The van der Waals surface area contributed by atoms with E-state index in [-0.39, 0.29) is 0 Å². The van der Waals surface area contributed by atoms with Crippen LogP contribution in [-0.4, -0.2) is 4.57 Å². The molecule has 1 nitrogen and oxygen atoms in total. The van der Waals surface area contributed by atoms with Crippen molar-refractivity contribution in [1.29, 1.82) is 0 Å². The van der Waals surface area contributed by atoms with Gasteiger partial charge < -0.3 is 4.57 Å². The monoisotopic (exact) mass is 597 g/mol. The number of rotatable bonds is 3. The summed E-state index contributed by atoms with van der Waals surface area (Å²) in [5, 5.41) is 7.83. The van der Waals surface area contributed by atoms with Gasteiger partial charge in [-0.3, -0.25) is 0 Å². The topological polar surface area (TPSA) is 4.93 Å². The van der Waals surface area contributed by atoms with E-state index < -0.39 is 5.41 Å². The predicted molar refractivity (Wildman–Crippen MR) is 198 cm³/mol. The van der Waals surface area contributed by atoms with Crippen LogP contribution in [0.4, 0.5) is 0 Å². The lowest BCUT2D eigenvalue weighted by molar-refractivity contribution is 0.769. The summed E-state index contributed by atoms with van der Waals surface area (Å²) in [6.07, 6.45) is 0. The maximum Gasteiger partial charge on any atom is 0.0713 e. The van der Waals surface area contributed by atoms with Crippen LogP contribution in [0.2, 0.25) is 0 Å². The van der Waals surface area contributed by atoms with Gasteiger partial charge in [0.1, 0.15) is 0 Å². The van der Waals surface area contributed by atoms with E-state index in [4.69, 9.17) is 0 Å².